The molecule has 2 aromatic heterocycles. The van der Waals surface area contributed by atoms with Crippen molar-refractivity contribution in [1.82, 2.24) is 9.97 Å². The van der Waals surface area contributed by atoms with Crippen molar-refractivity contribution in [2.75, 3.05) is 4.72 Å². The van der Waals surface area contributed by atoms with Crippen LogP contribution in [0, 0.1) is 11.6 Å². The lowest BCUT2D eigenvalue weighted by Gasteiger charge is -2.10. The third kappa shape index (κ3) is 4.55. The molecule has 0 bridgehead atoms. The lowest BCUT2D eigenvalue weighted by Crippen LogP contribution is -2.15. The summed E-state index contributed by atoms with van der Waals surface area (Å²) in [5.41, 5.74) is 1.94. The first-order chi connectivity index (χ1) is 13.2. The van der Waals surface area contributed by atoms with Gasteiger partial charge in [0.2, 0.25) is 0 Å². The smallest absolute Gasteiger partial charge is 0.264 e. The Balaban J connectivity index is 1.90. The lowest BCUT2D eigenvalue weighted by molar-refractivity contribution is -0.116. The van der Waals surface area contributed by atoms with E-state index in [4.69, 9.17) is 0 Å². The van der Waals surface area contributed by atoms with E-state index in [-0.39, 0.29) is 17.9 Å². The second-order valence-electron chi connectivity index (χ2n) is 6.06. The van der Waals surface area contributed by atoms with Crippen LogP contribution in [0.3, 0.4) is 0 Å². The van der Waals surface area contributed by atoms with Crippen LogP contribution in [0.5, 0.6) is 0 Å². The maximum Gasteiger partial charge on any atom is 0.264 e. The van der Waals surface area contributed by atoms with Crippen LogP contribution < -0.4 is 4.72 Å². The van der Waals surface area contributed by atoms with Gasteiger partial charge in [-0.25, -0.2) is 17.2 Å². The van der Waals surface area contributed by atoms with Crippen molar-refractivity contribution in [3.8, 4) is 11.1 Å². The number of carbonyl (C=O) groups is 1. The number of rotatable bonds is 6. The summed E-state index contributed by atoms with van der Waals surface area (Å²) in [7, 11) is -4.27. The fourth-order valence-electron chi connectivity index (χ4n) is 2.57. The standard InChI is InChI=1S/C19H15F2N3O3S/c1-12(25)6-16-7-13(4-5-23-16)14-8-17(11-22-10-14)24-28(26,27)19-3-2-15(20)9-18(19)21/h2-5,7-11,24H,6H2,1H3. The monoisotopic (exact) mass is 403 g/mol. The molecule has 1 aromatic carbocycles. The highest BCUT2D eigenvalue weighted by atomic mass is 32.2. The summed E-state index contributed by atoms with van der Waals surface area (Å²) in [6.45, 7) is 1.46. The molecule has 0 aliphatic rings. The number of ketones is 1. The number of Topliss-reactive ketones (excluding diaryl/α,β-unsaturated/α-hetero) is 1. The molecule has 28 heavy (non-hydrogen) atoms. The molecular weight excluding hydrogens is 388 g/mol. The highest BCUT2D eigenvalue weighted by Gasteiger charge is 2.20. The topological polar surface area (TPSA) is 89.0 Å². The molecule has 0 atom stereocenters. The van der Waals surface area contributed by atoms with Crippen molar-refractivity contribution in [3.05, 3.63) is 72.3 Å². The maximum absolute atomic E-state index is 13.8. The molecule has 0 aliphatic heterocycles. The van der Waals surface area contributed by atoms with Crippen molar-refractivity contribution in [2.24, 2.45) is 0 Å². The normalized spacial score (nSPS) is 11.2. The van der Waals surface area contributed by atoms with Gasteiger partial charge in [-0.2, -0.15) is 0 Å². The summed E-state index contributed by atoms with van der Waals surface area (Å²) in [4.78, 5) is 18.7. The molecule has 6 nitrogen and oxygen atoms in total. The Morgan fingerprint density at radius 1 is 1.07 bits per heavy atom. The molecule has 2 heterocycles. The van der Waals surface area contributed by atoms with E-state index >= 15 is 0 Å². The van der Waals surface area contributed by atoms with E-state index < -0.39 is 26.6 Å². The molecule has 0 saturated carbocycles. The van der Waals surface area contributed by atoms with Crippen LogP contribution in [0.2, 0.25) is 0 Å². The zero-order chi connectivity index (χ0) is 20.3. The molecule has 0 amide bonds. The number of sulfonamides is 1. The van der Waals surface area contributed by atoms with Gasteiger partial charge in [0.1, 0.15) is 22.3 Å². The Hall–Kier alpha value is -3.20. The number of carbonyl (C=O) groups excluding carboxylic acids is 1. The van der Waals surface area contributed by atoms with Crippen LogP contribution in [0.4, 0.5) is 14.5 Å². The third-order valence-electron chi connectivity index (χ3n) is 3.75. The molecule has 0 aliphatic carbocycles. The highest BCUT2D eigenvalue weighted by molar-refractivity contribution is 7.92. The third-order valence-corrected chi connectivity index (χ3v) is 5.17. The van der Waals surface area contributed by atoms with Crippen LogP contribution in [0.25, 0.3) is 11.1 Å². The molecule has 3 rings (SSSR count). The number of pyridine rings is 2. The first-order valence-corrected chi connectivity index (χ1v) is 9.60. The van der Waals surface area contributed by atoms with Gasteiger partial charge in [-0.15, -0.1) is 0 Å². The van der Waals surface area contributed by atoms with Crippen LogP contribution in [0.1, 0.15) is 12.6 Å². The van der Waals surface area contributed by atoms with Crippen molar-refractivity contribution < 1.29 is 22.0 Å². The summed E-state index contributed by atoms with van der Waals surface area (Å²) in [5.74, 6) is -2.11. The van der Waals surface area contributed by atoms with Gasteiger partial charge in [-0.05, 0) is 42.8 Å². The van der Waals surface area contributed by atoms with Crippen molar-refractivity contribution in [2.45, 2.75) is 18.2 Å². The van der Waals surface area contributed by atoms with E-state index in [0.717, 1.165) is 12.1 Å². The van der Waals surface area contributed by atoms with Gasteiger partial charge in [0.25, 0.3) is 10.0 Å². The second-order valence-corrected chi connectivity index (χ2v) is 7.71. The SMILES string of the molecule is CC(=O)Cc1cc(-c2cncc(NS(=O)(=O)c3ccc(F)cc3F)c2)ccn1. The number of benzene rings is 1. The van der Waals surface area contributed by atoms with Gasteiger partial charge in [0.15, 0.2) is 0 Å². The Kier molecular flexibility index (Phi) is 5.46. The first-order valence-electron chi connectivity index (χ1n) is 8.12. The molecule has 9 heteroatoms. The van der Waals surface area contributed by atoms with Crippen molar-refractivity contribution in [3.63, 3.8) is 0 Å². The summed E-state index contributed by atoms with van der Waals surface area (Å²) in [6, 6.07) is 7.12. The predicted molar refractivity (Wildman–Crippen MR) is 99.0 cm³/mol. The van der Waals surface area contributed by atoms with Crippen LogP contribution in [0.15, 0.2) is 59.9 Å². The molecule has 0 fully saturated rings. The number of halogens is 2. The van der Waals surface area contributed by atoms with Crippen LogP contribution in [-0.2, 0) is 21.2 Å². The molecule has 0 radical (unpaired) electrons. The number of hydrogen-bond donors (Lipinski definition) is 1. The molecule has 0 unspecified atom stereocenters. The number of nitrogens with one attached hydrogen (secondary N) is 1. The van der Waals surface area contributed by atoms with E-state index in [0.29, 0.717) is 22.9 Å². The van der Waals surface area contributed by atoms with E-state index in [9.17, 15) is 22.0 Å². The van der Waals surface area contributed by atoms with Gasteiger partial charge in [-0.3, -0.25) is 19.5 Å². The molecule has 0 spiro atoms. The minimum Gasteiger partial charge on any atom is -0.300 e. The van der Waals surface area contributed by atoms with Gasteiger partial charge in [-0.1, -0.05) is 0 Å². The minimum absolute atomic E-state index is 0.0365. The Bertz CT molecular complexity index is 1150. The van der Waals surface area contributed by atoms with Crippen molar-refractivity contribution >= 4 is 21.5 Å². The summed E-state index contributed by atoms with van der Waals surface area (Å²) < 4.78 is 53.9. The lowest BCUT2D eigenvalue weighted by atomic mass is 10.1. The van der Waals surface area contributed by atoms with Gasteiger partial charge in [0, 0.05) is 36.1 Å². The zero-order valence-electron chi connectivity index (χ0n) is 14.7. The molecule has 0 saturated heterocycles. The number of hydrogen-bond acceptors (Lipinski definition) is 5. The maximum atomic E-state index is 13.8. The number of nitrogens with zero attached hydrogens (tertiary/aromatic N) is 2. The molecule has 3 aromatic rings. The van der Waals surface area contributed by atoms with Crippen LogP contribution in [-0.4, -0.2) is 24.2 Å². The largest absolute Gasteiger partial charge is 0.300 e. The van der Waals surface area contributed by atoms with Gasteiger partial charge in [0.05, 0.1) is 11.9 Å². The Labute approximate surface area is 160 Å². The van der Waals surface area contributed by atoms with E-state index in [1.165, 1.54) is 25.4 Å². The average Bonchev–Trinajstić information content (AvgIpc) is 2.61. The number of anilines is 1. The predicted octanol–water partition coefficient (Wildman–Crippen LogP) is 3.35. The number of aromatic nitrogens is 2. The Morgan fingerprint density at radius 2 is 1.86 bits per heavy atom. The van der Waals surface area contributed by atoms with E-state index in [1.807, 2.05) is 0 Å². The van der Waals surface area contributed by atoms with E-state index in [1.54, 1.807) is 18.3 Å². The second kappa shape index (κ2) is 7.81. The van der Waals surface area contributed by atoms with Crippen molar-refractivity contribution in [1.29, 1.82) is 0 Å². The van der Waals surface area contributed by atoms with Gasteiger partial charge >= 0.3 is 0 Å². The zero-order valence-corrected chi connectivity index (χ0v) is 15.5. The van der Waals surface area contributed by atoms with Gasteiger partial charge < -0.3 is 0 Å². The van der Waals surface area contributed by atoms with Crippen LogP contribution >= 0.6 is 0 Å². The molecule has 1 N–H and O–H groups in total. The Morgan fingerprint density at radius 3 is 2.57 bits per heavy atom. The fraction of sp³-hybridized carbons (Fsp3) is 0.105. The quantitative estimate of drug-likeness (QED) is 0.682. The molecular formula is C19H15F2N3O3S. The van der Waals surface area contributed by atoms with E-state index in [2.05, 4.69) is 14.7 Å². The minimum atomic E-state index is -4.27. The average molecular weight is 403 g/mol. The molecule has 144 valence electrons. The summed E-state index contributed by atoms with van der Waals surface area (Å²) >= 11 is 0. The first kappa shape index (κ1) is 19.6. The summed E-state index contributed by atoms with van der Waals surface area (Å²) in [6.07, 6.45) is 4.50. The summed E-state index contributed by atoms with van der Waals surface area (Å²) in [5, 5.41) is 0. The fourth-order valence-corrected chi connectivity index (χ4v) is 3.66. The highest BCUT2D eigenvalue weighted by Crippen LogP contribution is 2.24.